The molecule has 0 aliphatic rings. The highest BCUT2D eigenvalue weighted by Gasteiger charge is 2.31. The van der Waals surface area contributed by atoms with E-state index in [9.17, 15) is 9.59 Å². The normalized spacial score (nSPS) is 13.6. The fourth-order valence-corrected chi connectivity index (χ4v) is 4.94. The lowest BCUT2D eigenvalue weighted by Gasteiger charge is -2.28. The molecule has 3 N–H and O–H groups in total. The number of ether oxygens (including phenoxy) is 2. The van der Waals surface area contributed by atoms with Crippen LogP contribution in [-0.4, -0.2) is 49.7 Å². The topological polar surface area (TPSA) is 93.9 Å². The molecule has 0 aliphatic heterocycles. The highest BCUT2D eigenvalue weighted by molar-refractivity contribution is 7.10. The minimum Gasteiger partial charge on any atom is -0.497 e. The zero-order valence-electron chi connectivity index (χ0n) is 21.5. The van der Waals surface area contributed by atoms with Crippen LogP contribution >= 0.6 is 11.3 Å². The van der Waals surface area contributed by atoms with Gasteiger partial charge in [0, 0.05) is 30.9 Å². The summed E-state index contributed by atoms with van der Waals surface area (Å²) >= 11 is 1.68. The monoisotopic (exact) mass is 503 g/mol. The van der Waals surface area contributed by atoms with Crippen molar-refractivity contribution < 1.29 is 19.1 Å². The second-order valence-electron chi connectivity index (χ2n) is 8.91. The molecule has 194 valence electrons. The van der Waals surface area contributed by atoms with E-state index in [2.05, 4.69) is 32.2 Å². The predicted octanol–water partition coefficient (Wildman–Crippen LogP) is 4.52. The zero-order chi connectivity index (χ0) is 25.6. The van der Waals surface area contributed by atoms with Crippen molar-refractivity contribution in [1.82, 2.24) is 10.2 Å². The Bertz CT molecular complexity index is 884. The Hall–Kier alpha value is -2.42. The number of esters is 1. The smallest absolute Gasteiger partial charge is 0.324 e. The number of amides is 1. The minimum atomic E-state index is -0.870. The van der Waals surface area contributed by atoms with Crippen molar-refractivity contribution in [2.45, 2.75) is 65.0 Å². The van der Waals surface area contributed by atoms with Crippen LogP contribution in [-0.2, 0) is 20.9 Å². The van der Waals surface area contributed by atoms with Crippen LogP contribution in [0.2, 0.25) is 0 Å². The Morgan fingerprint density at radius 1 is 1.14 bits per heavy atom. The van der Waals surface area contributed by atoms with Crippen LogP contribution in [0.4, 0.5) is 0 Å². The molecule has 0 saturated heterocycles. The van der Waals surface area contributed by atoms with Gasteiger partial charge in [-0.25, -0.2) is 0 Å². The number of methoxy groups -OCH3 is 1. The molecule has 35 heavy (non-hydrogen) atoms. The van der Waals surface area contributed by atoms with Crippen molar-refractivity contribution in [3.05, 3.63) is 52.2 Å². The molecule has 0 aliphatic carbocycles. The summed E-state index contributed by atoms with van der Waals surface area (Å²) in [6.07, 6.45) is 2.68. The summed E-state index contributed by atoms with van der Waals surface area (Å²) in [6, 6.07) is 10.9. The maximum atomic E-state index is 13.1. The summed E-state index contributed by atoms with van der Waals surface area (Å²) in [5.41, 5.74) is 7.42. The van der Waals surface area contributed by atoms with Gasteiger partial charge in [0.1, 0.15) is 18.5 Å². The maximum absolute atomic E-state index is 13.1. The lowest BCUT2D eigenvalue weighted by molar-refractivity contribution is -0.148. The lowest BCUT2D eigenvalue weighted by Crippen LogP contribution is -2.44. The molecule has 3 atom stereocenters. The largest absolute Gasteiger partial charge is 0.497 e. The number of carbonyl (C=O) groups excluding carboxylic acids is 2. The minimum absolute atomic E-state index is 0.0443. The van der Waals surface area contributed by atoms with Crippen LogP contribution in [0.5, 0.6) is 5.75 Å². The van der Waals surface area contributed by atoms with E-state index in [1.54, 1.807) is 18.4 Å². The molecule has 8 heteroatoms. The number of hydrogen-bond donors (Lipinski definition) is 2. The second kappa shape index (κ2) is 15.5. The van der Waals surface area contributed by atoms with Crippen LogP contribution in [0.3, 0.4) is 0 Å². The van der Waals surface area contributed by atoms with E-state index < -0.39 is 12.0 Å². The first kappa shape index (κ1) is 28.8. The molecule has 1 aromatic carbocycles. The first-order valence-corrected chi connectivity index (χ1v) is 13.3. The van der Waals surface area contributed by atoms with Crippen LogP contribution in [0, 0.1) is 5.92 Å². The number of nitrogens with one attached hydrogen (secondary N) is 1. The van der Waals surface area contributed by atoms with Gasteiger partial charge in [-0.2, -0.15) is 0 Å². The predicted molar refractivity (Wildman–Crippen MR) is 141 cm³/mol. The first-order valence-electron chi connectivity index (χ1n) is 12.5. The summed E-state index contributed by atoms with van der Waals surface area (Å²) in [5.74, 6) is 0.231. The molecule has 2 rings (SSSR count). The number of carbonyl (C=O) groups is 2. The van der Waals surface area contributed by atoms with Crippen molar-refractivity contribution in [2.24, 2.45) is 11.7 Å². The standard InChI is InChI=1S/C27H41N3O4S/c1-5-12-30(13-6-2)25(31)17-22(15-20(3)24-11-8-14-35-24)26(28)27(32)34-19-29-18-21-9-7-10-23(16-21)33-4/h7-11,14,16,20,22,26,29H,5-6,12-13,15,17-19,28H2,1-4H3/t20?,22?,26-/m0/s1. The van der Waals surface area contributed by atoms with Crippen molar-refractivity contribution in [2.75, 3.05) is 26.9 Å². The summed E-state index contributed by atoms with van der Waals surface area (Å²) < 4.78 is 10.7. The van der Waals surface area contributed by atoms with Crippen LogP contribution in [0.1, 0.15) is 62.8 Å². The molecule has 0 radical (unpaired) electrons. The Labute approximate surface area is 214 Å². The van der Waals surface area contributed by atoms with Crippen molar-refractivity contribution >= 4 is 23.2 Å². The quantitative estimate of drug-likeness (QED) is 0.199. The van der Waals surface area contributed by atoms with Gasteiger partial charge in [-0.15, -0.1) is 11.3 Å². The van der Waals surface area contributed by atoms with E-state index in [4.69, 9.17) is 15.2 Å². The van der Waals surface area contributed by atoms with Crippen molar-refractivity contribution in [1.29, 1.82) is 0 Å². The van der Waals surface area contributed by atoms with Gasteiger partial charge in [0.2, 0.25) is 5.91 Å². The van der Waals surface area contributed by atoms with E-state index in [0.717, 1.165) is 24.2 Å². The second-order valence-corrected chi connectivity index (χ2v) is 9.89. The first-order chi connectivity index (χ1) is 16.9. The van der Waals surface area contributed by atoms with E-state index in [1.165, 1.54) is 4.88 Å². The number of nitrogens with zero attached hydrogens (tertiary/aromatic N) is 1. The molecule has 1 aromatic heterocycles. The number of benzene rings is 1. The van der Waals surface area contributed by atoms with Gasteiger partial charge >= 0.3 is 5.97 Å². The van der Waals surface area contributed by atoms with Gasteiger partial charge in [0.15, 0.2) is 0 Å². The van der Waals surface area contributed by atoms with Gasteiger partial charge in [0.05, 0.1) is 7.11 Å². The molecule has 0 saturated carbocycles. The Balaban J connectivity index is 1.98. The molecule has 1 amide bonds. The molecule has 2 unspecified atom stereocenters. The van der Waals surface area contributed by atoms with E-state index in [1.807, 2.05) is 40.6 Å². The molecule has 0 fully saturated rings. The molecule has 7 nitrogen and oxygen atoms in total. The fraction of sp³-hybridized carbons (Fsp3) is 0.556. The highest BCUT2D eigenvalue weighted by atomic mass is 32.1. The SMILES string of the molecule is CCCN(CCC)C(=O)CC(CC(C)c1cccs1)[C@H](N)C(=O)OCNCc1cccc(OC)c1. The third kappa shape index (κ3) is 9.63. The van der Waals surface area contributed by atoms with Gasteiger partial charge < -0.3 is 20.1 Å². The molecular weight excluding hydrogens is 462 g/mol. The van der Waals surface area contributed by atoms with Crippen LogP contribution in [0.15, 0.2) is 41.8 Å². The zero-order valence-corrected chi connectivity index (χ0v) is 22.3. The van der Waals surface area contributed by atoms with E-state index in [0.29, 0.717) is 26.1 Å². The summed E-state index contributed by atoms with van der Waals surface area (Å²) in [6.45, 7) is 8.25. The van der Waals surface area contributed by atoms with Crippen LogP contribution in [0.25, 0.3) is 0 Å². The van der Waals surface area contributed by atoms with Gasteiger partial charge in [0.25, 0.3) is 0 Å². The lowest BCUT2D eigenvalue weighted by atomic mass is 9.86. The van der Waals surface area contributed by atoms with Gasteiger partial charge in [-0.3, -0.25) is 14.9 Å². The Morgan fingerprint density at radius 3 is 2.51 bits per heavy atom. The molecule has 0 spiro atoms. The highest BCUT2D eigenvalue weighted by Crippen LogP contribution is 2.30. The third-order valence-electron chi connectivity index (χ3n) is 6.02. The van der Waals surface area contributed by atoms with Crippen LogP contribution < -0.4 is 15.8 Å². The van der Waals surface area contributed by atoms with E-state index in [-0.39, 0.29) is 30.9 Å². The van der Waals surface area contributed by atoms with Crippen molar-refractivity contribution in [3.8, 4) is 5.75 Å². The van der Waals surface area contributed by atoms with Crippen molar-refractivity contribution in [3.63, 3.8) is 0 Å². The summed E-state index contributed by atoms with van der Waals surface area (Å²) in [5, 5.41) is 5.15. The fourth-order valence-electron chi connectivity index (χ4n) is 4.14. The third-order valence-corrected chi connectivity index (χ3v) is 7.13. The number of thiophene rings is 1. The molecule has 2 aromatic rings. The van der Waals surface area contributed by atoms with E-state index >= 15 is 0 Å². The molecule has 0 bridgehead atoms. The molecular formula is C27H41N3O4S. The van der Waals surface area contributed by atoms with Gasteiger partial charge in [-0.1, -0.05) is 39.0 Å². The Kier molecular flexibility index (Phi) is 12.8. The summed E-state index contributed by atoms with van der Waals surface area (Å²) in [7, 11) is 1.62. The number of rotatable bonds is 16. The Morgan fingerprint density at radius 2 is 1.89 bits per heavy atom. The summed E-state index contributed by atoms with van der Waals surface area (Å²) in [4.78, 5) is 29.0. The number of nitrogens with two attached hydrogens (primary N) is 1. The molecule has 1 heterocycles. The number of hydrogen-bond acceptors (Lipinski definition) is 7. The average Bonchev–Trinajstić information content (AvgIpc) is 3.41. The van der Waals surface area contributed by atoms with Gasteiger partial charge in [-0.05, 0) is 60.2 Å². The average molecular weight is 504 g/mol. The maximum Gasteiger partial charge on any atom is 0.324 e.